The van der Waals surface area contributed by atoms with Gasteiger partial charge in [-0.05, 0) is 57.4 Å². The van der Waals surface area contributed by atoms with Crippen molar-refractivity contribution in [3.63, 3.8) is 0 Å². The Labute approximate surface area is 167 Å². The summed E-state index contributed by atoms with van der Waals surface area (Å²) in [6.07, 6.45) is 5.40. The summed E-state index contributed by atoms with van der Waals surface area (Å²) in [5.74, 6) is 0.960. The molecule has 0 saturated carbocycles. The normalized spacial score (nSPS) is 18.2. The summed E-state index contributed by atoms with van der Waals surface area (Å²) in [6, 6.07) is 15.7. The minimum atomic E-state index is 0.122. The van der Waals surface area contributed by atoms with Gasteiger partial charge in [0.25, 0.3) is 0 Å². The molecule has 1 N–H and O–H groups in total. The Morgan fingerprint density at radius 3 is 2.54 bits per heavy atom. The fourth-order valence-corrected chi connectivity index (χ4v) is 4.22. The molecule has 1 aliphatic heterocycles. The van der Waals surface area contributed by atoms with Crippen LogP contribution < -0.4 is 5.32 Å². The predicted octanol–water partition coefficient (Wildman–Crippen LogP) is 4.72. The van der Waals surface area contributed by atoms with Crippen LogP contribution >= 0.6 is 0 Å². The first kappa shape index (κ1) is 18.9. The molecule has 5 nitrogen and oxygen atoms in total. The monoisotopic (exact) mass is 377 g/mol. The number of likely N-dealkylation sites (tertiary alicyclic amines) is 1. The number of para-hydroxylation sites is 2. The first-order chi connectivity index (χ1) is 13.7. The van der Waals surface area contributed by atoms with Crippen LogP contribution in [0.2, 0.25) is 0 Å². The lowest BCUT2D eigenvalue weighted by Gasteiger charge is -2.36. The average molecular weight is 378 g/mol. The molecule has 0 spiro atoms. The molecule has 0 radical (unpaired) electrons. The Bertz CT molecular complexity index is 896. The number of imidazole rings is 1. The van der Waals surface area contributed by atoms with Gasteiger partial charge in [0.2, 0.25) is 5.95 Å². The van der Waals surface area contributed by atoms with Crippen LogP contribution in [0.3, 0.4) is 0 Å². The zero-order valence-corrected chi connectivity index (χ0v) is 17.2. The molecule has 0 bridgehead atoms. The van der Waals surface area contributed by atoms with Gasteiger partial charge in [0, 0.05) is 31.4 Å². The van der Waals surface area contributed by atoms with Crippen LogP contribution in [0.25, 0.3) is 11.0 Å². The Balaban J connectivity index is 1.59. The molecular weight excluding hydrogens is 346 g/mol. The van der Waals surface area contributed by atoms with E-state index in [-0.39, 0.29) is 6.04 Å². The lowest BCUT2D eigenvalue weighted by molar-refractivity contribution is 0.163. The summed E-state index contributed by atoms with van der Waals surface area (Å²) in [7, 11) is 0. The van der Waals surface area contributed by atoms with E-state index in [9.17, 15) is 0 Å². The third-order valence-corrected chi connectivity index (χ3v) is 6.18. The molecule has 2 atom stereocenters. The minimum Gasteiger partial charge on any atom is -0.353 e. The molecule has 28 heavy (non-hydrogen) atoms. The van der Waals surface area contributed by atoms with Gasteiger partial charge >= 0.3 is 0 Å². The van der Waals surface area contributed by atoms with Crippen LogP contribution in [0.1, 0.15) is 51.8 Å². The molecular formula is C23H31N5. The minimum absolute atomic E-state index is 0.122. The molecule has 1 fully saturated rings. The highest BCUT2D eigenvalue weighted by atomic mass is 15.2. The summed E-state index contributed by atoms with van der Waals surface area (Å²) >= 11 is 0. The third kappa shape index (κ3) is 3.76. The highest BCUT2D eigenvalue weighted by molar-refractivity contribution is 5.79. The van der Waals surface area contributed by atoms with Gasteiger partial charge in [-0.3, -0.25) is 4.98 Å². The van der Waals surface area contributed by atoms with Crippen molar-refractivity contribution in [1.29, 1.82) is 0 Å². The quantitative estimate of drug-likeness (QED) is 0.675. The number of nitrogens with one attached hydrogen (secondary N) is 1. The van der Waals surface area contributed by atoms with Crippen LogP contribution in [0.5, 0.6) is 0 Å². The predicted molar refractivity (Wildman–Crippen MR) is 116 cm³/mol. The Morgan fingerprint density at radius 1 is 1.07 bits per heavy atom. The summed E-state index contributed by atoms with van der Waals surface area (Å²) in [6.45, 7) is 9.12. The van der Waals surface area contributed by atoms with E-state index in [1.54, 1.807) is 0 Å². The van der Waals surface area contributed by atoms with Crippen molar-refractivity contribution in [1.82, 2.24) is 19.4 Å². The molecule has 0 amide bonds. The average Bonchev–Trinajstić information content (AvgIpc) is 3.11. The van der Waals surface area contributed by atoms with Crippen LogP contribution in [-0.4, -0.2) is 44.6 Å². The van der Waals surface area contributed by atoms with Gasteiger partial charge in [-0.25, -0.2) is 4.98 Å². The number of fused-ring (bicyclic) bond motifs is 1. The summed E-state index contributed by atoms with van der Waals surface area (Å²) < 4.78 is 2.30. The number of aromatic nitrogens is 3. The van der Waals surface area contributed by atoms with Crippen LogP contribution in [0, 0.1) is 0 Å². The lowest BCUT2D eigenvalue weighted by Crippen LogP contribution is -2.43. The Kier molecular flexibility index (Phi) is 5.62. The molecule has 1 aromatic carbocycles. The van der Waals surface area contributed by atoms with Gasteiger partial charge in [0.1, 0.15) is 0 Å². The van der Waals surface area contributed by atoms with E-state index in [2.05, 4.69) is 76.9 Å². The number of rotatable bonds is 6. The van der Waals surface area contributed by atoms with Crippen molar-refractivity contribution in [3.8, 4) is 0 Å². The number of pyridine rings is 1. The van der Waals surface area contributed by atoms with Gasteiger partial charge in [-0.15, -0.1) is 0 Å². The summed E-state index contributed by atoms with van der Waals surface area (Å²) in [5.41, 5.74) is 3.24. The first-order valence-electron chi connectivity index (χ1n) is 10.6. The highest BCUT2D eigenvalue weighted by Crippen LogP contribution is 2.29. The van der Waals surface area contributed by atoms with Crippen LogP contribution in [-0.2, 0) is 0 Å². The maximum absolute atomic E-state index is 4.93. The first-order valence-corrected chi connectivity index (χ1v) is 10.6. The number of benzene rings is 1. The Hall–Kier alpha value is -2.40. The second-order valence-corrected chi connectivity index (χ2v) is 7.94. The molecule has 0 aliphatic carbocycles. The van der Waals surface area contributed by atoms with Crippen molar-refractivity contribution in [2.75, 3.05) is 18.4 Å². The molecule has 4 rings (SSSR count). The largest absolute Gasteiger partial charge is 0.353 e. The third-order valence-electron chi connectivity index (χ3n) is 6.18. The maximum atomic E-state index is 4.93. The summed E-state index contributed by atoms with van der Waals surface area (Å²) in [5, 5.41) is 3.76. The molecule has 2 aromatic heterocycles. The van der Waals surface area contributed by atoms with E-state index < -0.39 is 0 Å². The fourth-order valence-electron chi connectivity index (χ4n) is 4.22. The van der Waals surface area contributed by atoms with Crippen molar-refractivity contribution in [2.24, 2.45) is 0 Å². The van der Waals surface area contributed by atoms with Crippen molar-refractivity contribution >= 4 is 17.0 Å². The number of piperidine rings is 1. The number of hydrogen-bond acceptors (Lipinski definition) is 4. The van der Waals surface area contributed by atoms with Gasteiger partial charge in [-0.1, -0.05) is 25.1 Å². The topological polar surface area (TPSA) is 46.0 Å². The second-order valence-electron chi connectivity index (χ2n) is 7.94. The number of nitrogens with zero attached hydrogens (tertiary/aromatic N) is 4. The van der Waals surface area contributed by atoms with E-state index in [4.69, 9.17) is 4.98 Å². The van der Waals surface area contributed by atoms with Crippen molar-refractivity contribution in [2.45, 2.75) is 58.2 Å². The molecule has 148 valence electrons. The van der Waals surface area contributed by atoms with E-state index >= 15 is 0 Å². The molecule has 3 heterocycles. The van der Waals surface area contributed by atoms with E-state index in [0.29, 0.717) is 12.1 Å². The highest BCUT2D eigenvalue weighted by Gasteiger charge is 2.25. The molecule has 3 aromatic rings. The van der Waals surface area contributed by atoms with E-state index in [0.717, 1.165) is 48.6 Å². The Morgan fingerprint density at radius 2 is 1.82 bits per heavy atom. The van der Waals surface area contributed by atoms with E-state index in [1.165, 1.54) is 6.42 Å². The lowest BCUT2D eigenvalue weighted by atomic mass is 10.0. The fraction of sp³-hybridized carbons (Fsp3) is 0.478. The zero-order valence-electron chi connectivity index (χ0n) is 17.2. The van der Waals surface area contributed by atoms with Crippen molar-refractivity contribution in [3.05, 3.63) is 54.4 Å². The maximum Gasteiger partial charge on any atom is 0.204 e. The van der Waals surface area contributed by atoms with Crippen LogP contribution in [0.15, 0.2) is 48.7 Å². The SMILES string of the molecule is CCC(C)N1CCC(Nc2nc3ccccc3n2C(C)c2ccccn2)CC1. The van der Waals surface area contributed by atoms with Gasteiger partial charge in [0.15, 0.2) is 0 Å². The molecule has 1 aliphatic rings. The smallest absolute Gasteiger partial charge is 0.204 e. The number of hydrogen-bond donors (Lipinski definition) is 1. The standard InChI is InChI=1S/C23H31N5/c1-4-17(2)27-15-12-19(13-16-27)25-23-26-21-10-5-6-11-22(21)28(23)18(3)20-9-7-8-14-24-20/h5-11,14,17-19H,4,12-13,15-16H2,1-3H3,(H,25,26). The van der Waals surface area contributed by atoms with Crippen molar-refractivity contribution < 1.29 is 0 Å². The second kappa shape index (κ2) is 8.31. The summed E-state index contributed by atoms with van der Waals surface area (Å²) in [4.78, 5) is 12.1. The van der Waals surface area contributed by atoms with Gasteiger partial charge < -0.3 is 14.8 Å². The van der Waals surface area contributed by atoms with Gasteiger partial charge in [-0.2, -0.15) is 0 Å². The molecule has 2 unspecified atom stereocenters. The molecule has 1 saturated heterocycles. The van der Waals surface area contributed by atoms with Gasteiger partial charge in [0.05, 0.1) is 22.8 Å². The van der Waals surface area contributed by atoms with Crippen LogP contribution in [0.4, 0.5) is 5.95 Å². The van der Waals surface area contributed by atoms with E-state index in [1.807, 2.05) is 12.3 Å². The molecule has 5 heteroatoms. The number of anilines is 1. The zero-order chi connectivity index (χ0) is 19.5.